The molecule has 0 spiro atoms. The third-order valence-corrected chi connectivity index (χ3v) is 4.59. The molecule has 2 rings (SSSR count). The van der Waals surface area contributed by atoms with E-state index in [0.717, 1.165) is 37.8 Å². The minimum atomic E-state index is -0.243. The number of hydrogen-bond acceptors (Lipinski definition) is 2. The number of benzene rings is 1. The first-order valence-corrected chi connectivity index (χ1v) is 7.71. The largest absolute Gasteiger partial charge is 0.378 e. The Labute approximate surface area is 125 Å². The normalized spacial score (nSPS) is 18.6. The van der Waals surface area contributed by atoms with Crippen molar-refractivity contribution in [2.75, 3.05) is 13.7 Å². The maximum Gasteiger partial charge on any atom is 0.123 e. The molecular formula is C16H23ClFNO. The molecule has 1 saturated carbocycles. The fourth-order valence-corrected chi connectivity index (χ4v) is 3.08. The van der Waals surface area contributed by atoms with Gasteiger partial charge in [0.05, 0.1) is 5.60 Å². The Morgan fingerprint density at radius 3 is 2.75 bits per heavy atom. The summed E-state index contributed by atoms with van der Waals surface area (Å²) in [7, 11) is 1.77. The van der Waals surface area contributed by atoms with Crippen LogP contribution in [0.15, 0.2) is 18.2 Å². The highest BCUT2D eigenvalue weighted by atomic mass is 35.5. The lowest BCUT2D eigenvalue weighted by atomic mass is 9.74. The quantitative estimate of drug-likeness (QED) is 0.801. The smallest absolute Gasteiger partial charge is 0.123 e. The predicted octanol–water partition coefficient (Wildman–Crippen LogP) is 4.48. The molecule has 112 valence electrons. The van der Waals surface area contributed by atoms with Crippen LogP contribution in [0.25, 0.3) is 0 Å². The van der Waals surface area contributed by atoms with Gasteiger partial charge in [0.1, 0.15) is 5.82 Å². The van der Waals surface area contributed by atoms with Crippen LogP contribution in [0.2, 0.25) is 5.02 Å². The van der Waals surface area contributed by atoms with Crippen molar-refractivity contribution in [3.63, 3.8) is 0 Å². The van der Waals surface area contributed by atoms with Crippen molar-refractivity contribution >= 4 is 11.6 Å². The van der Waals surface area contributed by atoms with E-state index in [1.54, 1.807) is 13.2 Å². The van der Waals surface area contributed by atoms with E-state index in [1.165, 1.54) is 18.6 Å². The number of nitrogens with one attached hydrogen (secondary N) is 1. The first-order chi connectivity index (χ1) is 9.60. The Kier molecular flexibility index (Phi) is 5.42. The zero-order chi connectivity index (χ0) is 14.6. The molecule has 1 aromatic carbocycles. The van der Waals surface area contributed by atoms with Gasteiger partial charge in [0.15, 0.2) is 0 Å². The van der Waals surface area contributed by atoms with Gasteiger partial charge in [0.25, 0.3) is 0 Å². The van der Waals surface area contributed by atoms with Crippen molar-refractivity contribution in [1.82, 2.24) is 5.32 Å². The summed E-state index contributed by atoms with van der Waals surface area (Å²) in [5, 5.41) is 4.10. The first kappa shape index (κ1) is 15.7. The average molecular weight is 300 g/mol. The molecule has 1 fully saturated rings. The molecule has 0 aliphatic heterocycles. The molecule has 1 aliphatic rings. The van der Waals surface area contributed by atoms with Crippen LogP contribution in [0.5, 0.6) is 0 Å². The lowest BCUT2D eigenvalue weighted by molar-refractivity contribution is -0.0838. The summed E-state index contributed by atoms with van der Waals surface area (Å²) in [5.41, 5.74) is 0.768. The van der Waals surface area contributed by atoms with Crippen molar-refractivity contribution in [2.24, 2.45) is 0 Å². The maximum absolute atomic E-state index is 13.5. The topological polar surface area (TPSA) is 21.3 Å². The van der Waals surface area contributed by atoms with Crippen LogP contribution < -0.4 is 5.32 Å². The number of rotatable bonds is 7. The van der Waals surface area contributed by atoms with Gasteiger partial charge in [-0.05, 0) is 62.4 Å². The summed E-state index contributed by atoms with van der Waals surface area (Å²) in [6.07, 6.45) is 5.21. The molecule has 0 radical (unpaired) electrons. The second-order valence-electron chi connectivity index (χ2n) is 5.62. The number of methoxy groups -OCH3 is 1. The molecule has 1 unspecified atom stereocenters. The minimum absolute atomic E-state index is 0.0402. The van der Waals surface area contributed by atoms with Crippen molar-refractivity contribution in [1.29, 1.82) is 0 Å². The van der Waals surface area contributed by atoms with Crippen molar-refractivity contribution in [3.8, 4) is 0 Å². The third kappa shape index (κ3) is 3.51. The summed E-state index contributed by atoms with van der Waals surface area (Å²) < 4.78 is 19.2. The summed E-state index contributed by atoms with van der Waals surface area (Å²) in [5.74, 6) is -0.243. The summed E-state index contributed by atoms with van der Waals surface area (Å²) in [4.78, 5) is 0. The van der Waals surface area contributed by atoms with Gasteiger partial charge in [-0.25, -0.2) is 4.39 Å². The molecule has 0 amide bonds. The molecule has 1 aliphatic carbocycles. The van der Waals surface area contributed by atoms with Gasteiger partial charge in [-0.3, -0.25) is 0 Å². The van der Waals surface area contributed by atoms with Gasteiger partial charge in [-0.2, -0.15) is 0 Å². The predicted molar refractivity (Wildman–Crippen MR) is 80.7 cm³/mol. The fourth-order valence-electron chi connectivity index (χ4n) is 2.83. The highest BCUT2D eigenvalue weighted by Gasteiger charge is 2.39. The highest BCUT2D eigenvalue weighted by molar-refractivity contribution is 6.31. The van der Waals surface area contributed by atoms with E-state index in [2.05, 4.69) is 12.2 Å². The van der Waals surface area contributed by atoms with Crippen LogP contribution in [0, 0.1) is 5.82 Å². The highest BCUT2D eigenvalue weighted by Crippen LogP contribution is 2.42. The Morgan fingerprint density at radius 1 is 1.45 bits per heavy atom. The number of hydrogen-bond donors (Lipinski definition) is 1. The van der Waals surface area contributed by atoms with E-state index < -0.39 is 0 Å². The van der Waals surface area contributed by atoms with Gasteiger partial charge in [-0.1, -0.05) is 18.5 Å². The standard InChI is InChI=1S/C16H23ClFNO/c1-3-9-19-15(11-16(20-2)7-4-8-16)13-10-12(18)5-6-14(13)17/h5-6,10,15,19H,3-4,7-9,11H2,1-2H3. The van der Waals surface area contributed by atoms with E-state index in [4.69, 9.17) is 16.3 Å². The van der Waals surface area contributed by atoms with Crippen LogP contribution in [0.1, 0.15) is 50.6 Å². The molecule has 2 nitrogen and oxygen atoms in total. The van der Waals surface area contributed by atoms with E-state index >= 15 is 0 Å². The van der Waals surface area contributed by atoms with Gasteiger partial charge in [0, 0.05) is 18.2 Å². The Balaban J connectivity index is 2.20. The van der Waals surface area contributed by atoms with Gasteiger partial charge < -0.3 is 10.1 Å². The summed E-state index contributed by atoms with van der Waals surface area (Å²) in [6.45, 7) is 3.00. The zero-order valence-corrected chi connectivity index (χ0v) is 13.0. The fraction of sp³-hybridized carbons (Fsp3) is 0.625. The van der Waals surface area contributed by atoms with Crippen LogP contribution in [-0.2, 0) is 4.74 Å². The van der Waals surface area contributed by atoms with Crippen molar-refractivity contribution in [3.05, 3.63) is 34.6 Å². The lowest BCUT2D eigenvalue weighted by Gasteiger charge is -2.43. The van der Waals surface area contributed by atoms with E-state index in [9.17, 15) is 4.39 Å². The monoisotopic (exact) mass is 299 g/mol. The molecule has 4 heteroatoms. The van der Waals surface area contributed by atoms with Gasteiger partial charge in [0.2, 0.25) is 0 Å². The van der Waals surface area contributed by atoms with Gasteiger partial charge >= 0.3 is 0 Å². The maximum atomic E-state index is 13.5. The molecule has 0 saturated heterocycles. The van der Waals surface area contributed by atoms with Crippen LogP contribution in [0.3, 0.4) is 0 Å². The number of ether oxygens (including phenoxy) is 1. The SMILES string of the molecule is CCCNC(CC1(OC)CCC1)c1cc(F)ccc1Cl. The van der Waals surface area contributed by atoms with Gasteiger partial charge in [-0.15, -0.1) is 0 Å². The summed E-state index contributed by atoms with van der Waals surface area (Å²) >= 11 is 6.26. The second-order valence-corrected chi connectivity index (χ2v) is 6.02. The van der Waals surface area contributed by atoms with Crippen LogP contribution >= 0.6 is 11.6 Å². The molecule has 0 heterocycles. The molecule has 1 aromatic rings. The average Bonchev–Trinajstić information content (AvgIpc) is 2.40. The Morgan fingerprint density at radius 2 is 2.20 bits per heavy atom. The van der Waals surface area contributed by atoms with Crippen molar-refractivity contribution < 1.29 is 9.13 Å². The molecule has 0 aromatic heterocycles. The Hall–Kier alpha value is -0.640. The molecule has 1 N–H and O–H groups in total. The van der Waals surface area contributed by atoms with E-state index in [1.807, 2.05) is 0 Å². The Bertz CT molecular complexity index is 443. The lowest BCUT2D eigenvalue weighted by Crippen LogP contribution is -2.43. The van der Waals surface area contributed by atoms with Crippen LogP contribution in [0.4, 0.5) is 4.39 Å². The first-order valence-electron chi connectivity index (χ1n) is 7.34. The second kappa shape index (κ2) is 6.88. The minimum Gasteiger partial charge on any atom is -0.378 e. The molecule has 20 heavy (non-hydrogen) atoms. The summed E-state index contributed by atoms with van der Waals surface area (Å²) in [6, 6.07) is 4.61. The van der Waals surface area contributed by atoms with Crippen molar-refractivity contribution in [2.45, 2.75) is 50.7 Å². The molecular weight excluding hydrogens is 277 g/mol. The molecule has 0 bridgehead atoms. The number of halogens is 2. The van der Waals surface area contributed by atoms with Crippen LogP contribution in [-0.4, -0.2) is 19.3 Å². The van der Waals surface area contributed by atoms with E-state index in [0.29, 0.717) is 5.02 Å². The van der Waals surface area contributed by atoms with E-state index in [-0.39, 0.29) is 17.5 Å². The zero-order valence-electron chi connectivity index (χ0n) is 12.2. The molecule has 1 atom stereocenters. The third-order valence-electron chi connectivity index (χ3n) is 4.25.